The van der Waals surface area contributed by atoms with Crippen LogP contribution >= 0.6 is 39.0 Å². The SMILES string of the molecule is C/C(=N\NC(=O)CSc1nc2sc3c(c2c(=O)n1-c1ccc(C)cc1)CCCC3)c1ccc(Br)cc1. The highest BCUT2D eigenvalue weighted by Crippen LogP contribution is 2.35. The fourth-order valence-corrected chi connectivity index (χ4v) is 6.64. The molecule has 0 radical (unpaired) electrons. The molecule has 0 spiro atoms. The Morgan fingerprint density at radius 1 is 1.14 bits per heavy atom. The van der Waals surface area contributed by atoms with Gasteiger partial charge in [0.05, 0.1) is 22.5 Å². The summed E-state index contributed by atoms with van der Waals surface area (Å²) < 4.78 is 2.63. The molecule has 5 rings (SSSR count). The fraction of sp³-hybridized carbons (Fsp3) is 0.259. The van der Waals surface area contributed by atoms with Gasteiger partial charge >= 0.3 is 0 Å². The Hall–Kier alpha value is -2.75. The molecular weight excluding hydrogens is 556 g/mol. The van der Waals surface area contributed by atoms with E-state index in [1.165, 1.54) is 16.6 Å². The maximum atomic E-state index is 13.8. The van der Waals surface area contributed by atoms with Gasteiger partial charge in [-0.05, 0) is 74.9 Å². The van der Waals surface area contributed by atoms with Crippen molar-refractivity contribution in [1.29, 1.82) is 0 Å². The zero-order chi connectivity index (χ0) is 25.2. The van der Waals surface area contributed by atoms with Gasteiger partial charge in [-0.25, -0.2) is 10.4 Å². The minimum absolute atomic E-state index is 0.0599. The van der Waals surface area contributed by atoms with E-state index in [4.69, 9.17) is 4.98 Å². The molecule has 6 nitrogen and oxygen atoms in total. The summed E-state index contributed by atoms with van der Waals surface area (Å²) >= 11 is 6.29. The molecule has 9 heteroatoms. The van der Waals surface area contributed by atoms with E-state index in [0.717, 1.165) is 62.8 Å². The van der Waals surface area contributed by atoms with Crippen molar-refractivity contribution in [2.75, 3.05) is 5.75 Å². The Bertz CT molecular complexity index is 1520. The third-order valence-corrected chi connectivity index (χ3v) is 8.85. The number of hydrogen-bond acceptors (Lipinski definition) is 6. The number of thiophene rings is 1. The van der Waals surface area contributed by atoms with E-state index in [0.29, 0.717) is 10.9 Å². The number of nitrogens with one attached hydrogen (secondary N) is 1. The van der Waals surface area contributed by atoms with E-state index in [1.54, 1.807) is 15.9 Å². The third-order valence-electron chi connectivity index (χ3n) is 6.19. The number of fused-ring (bicyclic) bond motifs is 3. The van der Waals surface area contributed by atoms with Crippen molar-refractivity contribution in [3.63, 3.8) is 0 Å². The summed E-state index contributed by atoms with van der Waals surface area (Å²) in [6.07, 6.45) is 4.17. The van der Waals surface area contributed by atoms with Crippen LogP contribution in [0.4, 0.5) is 0 Å². The Morgan fingerprint density at radius 3 is 2.61 bits per heavy atom. The lowest BCUT2D eigenvalue weighted by atomic mass is 9.97. The number of thioether (sulfide) groups is 1. The third kappa shape index (κ3) is 5.19. The molecule has 2 aromatic heterocycles. The predicted octanol–water partition coefficient (Wildman–Crippen LogP) is 6.03. The van der Waals surface area contributed by atoms with Gasteiger partial charge in [0, 0.05) is 9.35 Å². The van der Waals surface area contributed by atoms with Crippen molar-refractivity contribution in [3.05, 3.63) is 84.9 Å². The Balaban J connectivity index is 1.43. The molecule has 4 aromatic rings. The molecule has 36 heavy (non-hydrogen) atoms. The van der Waals surface area contributed by atoms with Gasteiger partial charge in [-0.15, -0.1) is 11.3 Å². The van der Waals surface area contributed by atoms with E-state index in [9.17, 15) is 9.59 Å². The molecule has 2 aromatic carbocycles. The molecule has 0 saturated heterocycles. The van der Waals surface area contributed by atoms with E-state index in [2.05, 4.69) is 26.5 Å². The van der Waals surface area contributed by atoms with E-state index in [-0.39, 0.29) is 17.2 Å². The van der Waals surface area contributed by atoms with Crippen LogP contribution < -0.4 is 11.0 Å². The normalized spacial score (nSPS) is 13.6. The lowest BCUT2D eigenvalue weighted by Gasteiger charge is -2.13. The smallest absolute Gasteiger partial charge is 0.267 e. The highest BCUT2D eigenvalue weighted by Gasteiger charge is 2.23. The van der Waals surface area contributed by atoms with E-state index in [1.807, 2.05) is 62.4 Å². The Morgan fingerprint density at radius 2 is 1.86 bits per heavy atom. The molecule has 1 N–H and O–H groups in total. The quantitative estimate of drug-likeness (QED) is 0.131. The second-order valence-corrected chi connectivity index (χ2v) is 11.7. The van der Waals surface area contributed by atoms with Crippen molar-refractivity contribution in [2.45, 2.75) is 44.7 Å². The molecule has 184 valence electrons. The molecule has 0 atom stereocenters. The first kappa shape index (κ1) is 24.9. The summed E-state index contributed by atoms with van der Waals surface area (Å²) in [5.74, 6) is -0.168. The number of aryl methyl sites for hydroxylation is 3. The van der Waals surface area contributed by atoms with Crippen molar-refractivity contribution in [3.8, 4) is 5.69 Å². The molecule has 1 aliphatic carbocycles. The molecular formula is C27H25BrN4O2S2. The average molecular weight is 582 g/mol. The minimum Gasteiger partial charge on any atom is -0.272 e. The standard InChI is InChI=1S/C27H25BrN4O2S2/c1-16-7-13-20(14-8-16)32-26(34)24-21-5-3-4-6-22(21)36-25(24)29-27(32)35-15-23(33)31-30-17(2)18-9-11-19(28)12-10-18/h7-14H,3-6,15H2,1-2H3,(H,31,33)/b30-17+. The summed E-state index contributed by atoms with van der Waals surface area (Å²) in [5, 5.41) is 5.49. The maximum absolute atomic E-state index is 13.8. The van der Waals surface area contributed by atoms with Crippen LogP contribution in [0.1, 0.15) is 41.3 Å². The number of rotatable bonds is 6. The number of halogens is 1. The number of carbonyl (C=O) groups is 1. The molecule has 0 aliphatic heterocycles. The monoisotopic (exact) mass is 580 g/mol. The van der Waals surface area contributed by atoms with Crippen LogP contribution in [0.15, 0.2) is 68.1 Å². The lowest BCUT2D eigenvalue weighted by Crippen LogP contribution is -2.24. The fourth-order valence-electron chi connectivity index (χ4n) is 4.27. The summed E-state index contributed by atoms with van der Waals surface area (Å²) in [5.41, 5.74) is 7.23. The van der Waals surface area contributed by atoms with Crippen LogP contribution in [0.25, 0.3) is 15.9 Å². The Kier molecular flexibility index (Phi) is 7.41. The van der Waals surface area contributed by atoms with Crippen LogP contribution in [-0.4, -0.2) is 26.9 Å². The molecule has 1 amide bonds. The Labute approximate surface area is 226 Å². The van der Waals surface area contributed by atoms with Crippen LogP contribution in [0.3, 0.4) is 0 Å². The zero-order valence-corrected chi connectivity index (χ0v) is 23.2. The summed E-state index contributed by atoms with van der Waals surface area (Å²) in [4.78, 5) is 33.4. The number of hydrazone groups is 1. The summed E-state index contributed by atoms with van der Waals surface area (Å²) in [6.45, 7) is 3.86. The first-order chi connectivity index (χ1) is 17.4. The van der Waals surface area contributed by atoms with Gasteiger partial charge in [-0.3, -0.25) is 14.2 Å². The average Bonchev–Trinajstić information content (AvgIpc) is 3.26. The molecule has 2 heterocycles. The highest BCUT2D eigenvalue weighted by atomic mass is 79.9. The summed E-state index contributed by atoms with van der Waals surface area (Å²) in [7, 11) is 0. The summed E-state index contributed by atoms with van der Waals surface area (Å²) in [6, 6.07) is 15.6. The molecule has 0 unspecified atom stereocenters. The number of benzene rings is 2. The number of nitrogens with zero attached hydrogens (tertiary/aromatic N) is 3. The lowest BCUT2D eigenvalue weighted by molar-refractivity contribution is -0.118. The largest absolute Gasteiger partial charge is 0.272 e. The molecule has 0 bridgehead atoms. The first-order valence-corrected chi connectivity index (χ1v) is 14.4. The van der Waals surface area contributed by atoms with Crippen molar-refractivity contribution in [1.82, 2.24) is 15.0 Å². The maximum Gasteiger partial charge on any atom is 0.267 e. The number of amides is 1. The van der Waals surface area contributed by atoms with Crippen molar-refractivity contribution < 1.29 is 4.79 Å². The van der Waals surface area contributed by atoms with Gasteiger partial charge in [0.1, 0.15) is 4.83 Å². The number of hydrogen-bond donors (Lipinski definition) is 1. The second kappa shape index (κ2) is 10.7. The van der Waals surface area contributed by atoms with Crippen LogP contribution in [0.5, 0.6) is 0 Å². The number of carbonyl (C=O) groups excluding carboxylic acids is 1. The van der Waals surface area contributed by atoms with Crippen LogP contribution in [-0.2, 0) is 17.6 Å². The zero-order valence-electron chi connectivity index (χ0n) is 20.0. The van der Waals surface area contributed by atoms with Gasteiger partial charge in [-0.2, -0.15) is 5.10 Å². The molecule has 1 aliphatic rings. The topological polar surface area (TPSA) is 76.3 Å². The molecule has 0 fully saturated rings. The predicted molar refractivity (Wildman–Crippen MR) is 152 cm³/mol. The van der Waals surface area contributed by atoms with Gasteiger partial charge in [-0.1, -0.05) is 57.5 Å². The van der Waals surface area contributed by atoms with Gasteiger partial charge < -0.3 is 0 Å². The van der Waals surface area contributed by atoms with Gasteiger partial charge in [0.15, 0.2) is 5.16 Å². The van der Waals surface area contributed by atoms with E-state index >= 15 is 0 Å². The number of aromatic nitrogens is 2. The first-order valence-electron chi connectivity index (χ1n) is 11.8. The van der Waals surface area contributed by atoms with Gasteiger partial charge in [0.25, 0.3) is 11.5 Å². The van der Waals surface area contributed by atoms with Crippen LogP contribution in [0, 0.1) is 6.92 Å². The van der Waals surface area contributed by atoms with E-state index < -0.39 is 0 Å². The second-order valence-electron chi connectivity index (χ2n) is 8.79. The van der Waals surface area contributed by atoms with Crippen molar-refractivity contribution >= 4 is 60.9 Å². The van der Waals surface area contributed by atoms with Crippen LogP contribution in [0.2, 0.25) is 0 Å². The van der Waals surface area contributed by atoms with Gasteiger partial charge in [0.2, 0.25) is 0 Å². The van der Waals surface area contributed by atoms with Crippen molar-refractivity contribution in [2.24, 2.45) is 5.10 Å². The highest BCUT2D eigenvalue weighted by molar-refractivity contribution is 9.10. The molecule has 0 saturated carbocycles. The minimum atomic E-state index is -0.258.